The molecule has 0 aromatic heterocycles. The van der Waals surface area contributed by atoms with Crippen molar-refractivity contribution >= 4 is 18.5 Å². The molecule has 4 rings (SSSR count). The van der Waals surface area contributed by atoms with Crippen LogP contribution in [-0.4, -0.2) is 0 Å². The van der Waals surface area contributed by atoms with Gasteiger partial charge in [-0.05, 0) is 79.6 Å². The van der Waals surface area contributed by atoms with Gasteiger partial charge >= 0.3 is 0 Å². The van der Waals surface area contributed by atoms with E-state index in [1.54, 1.807) is 0 Å². The van der Waals surface area contributed by atoms with Crippen molar-refractivity contribution < 1.29 is 0 Å². The second kappa shape index (κ2) is 7.90. The van der Waals surface area contributed by atoms with Crippen molar-refractivity contribution in [3.05, 3.63) is 118 Å². The summed E-state index contributed by atoms with van der Waals surface area (Å²) in [6, 6.07) is 24.4. The molecule has 2 unspecified atom stereocenters. The van der Waals surface area contributed by atoms with Crippen molar-refractivity contribution in [1.29, 1.82) is 0 Å². The van der Waals surface area contributed by atoms with Gasteiger partial charge in [0.15, 0.2) is 0 Å². The quantitative estimate of drug-likeness (QED) is 0.415. The highest BCUT2D eigenvalue weighted by Gasteiger charge is 2.31. The normalized spacial score (nSPS) is 18.8. The molecular formula is C27H27P. The predicted octanol–water partition coefficient (Wildman–Crippen LogP) is 7.38. The standard InChI is InChI=1S/C27H27P/c1-19-11-8-12-20(2)26(19)24-17-10-18-25(27-21(3)13-9-14-22(27)4)28(24)23-15-6-5-7-16-23/h5-18,24H,1-4H3. The summed E-state index contributed by atoms with van der Waals surface area (Å²) in [6.45, 7) is 9.00. The third-order valence-corrected chi connectivity index (χ3v) is 8.43. The van der Waals surface area contributed by atoms with Gasteiger partial charge in [0.2, 0.25) is 0 Å². The first-order valence-corrected chi connectivity index (χ1v) is 11.3. The lowest BCUT2D eigenvalue weighted by atomic mass is 9.98. The SMILES string of the molecule is Cc1cccc(C)c1C1=CC=CC(c2c(C)cccc2C)P1c1ccccc1. The topological polar surface area (TPSA) is 0 Å². The maximum Gasteiger partial charge on any atom is 0.0310 e. The second-order valence-electron chi connectivity index (χ2n) is 7.66. The number of rotatable bonds is 3. The van der Waals surface area contributed by atoms with E-state index in [0.29, 0.717) is 5.66 Å². The van der Waals surface area contributed by atoms with Crippen LogP contribution in [0.3, 0.4) is 0 Å². The van der Waals surface area contributed by atoms with Gasteiger partial charge in [-0.2, -0.15) is 0 Å². The highest BCUT2D eigenvalue weighted by atomic mass is 31.1. The molecule has 3 aromatic carbocycles. The molecule has 1 aliphatic heterocycles. The number of aryl methyl sites for hydroxylation is 4. The van der Waals surface area contributed by atoms with Gasteiger partial charge in [0, 0.05) is 5.66 Å². The molecule has 0 radical (unpaired) electrons. The van der Waals surface area contributed by atoms with E-state index in [-0.39, 0.29) is 0 Å². The van der Waals surface area contributed by atoms with Gasteiger partial charge < -0.3 is 0 Å². The van der Waals surface area contributed by atoms with E-state index < -0.39 is 7.92 Å². The Morgan fingerprint density at radius 3 is 1.82 bits per heavy atom. The van der Waals surface area contributed by atoms with Crippen LogP contribution in [0.2, 0.25) is 0 Å². The van der Waals surface area contributed by atoms with Crippen molar-refractivity contribution in [1.82, 2.24) is 0 Å². The van der Waals surface area contributed by atoms with Crippen LogP contribution in [0.4, 0.5) is 0 Å². The van der Waals surface area contributed by atoms with Crippen molar-refractivity contribution in [2.24, 2.45) is 0 Å². The van der Waals surface area contributed by atoms with Crippen molar-refractivity contribution in [3.8, 4) is 0 Å². The Morgan fingerprint density at radius 2 is 1.21 bits per heavy atom. The van der Waals surface area contributed by atoms with Crippen LogP contribution in [0.25, 0.3) is 5.31 Å². The minimum atomic E-state index is -0.537. The first-order chi connectivity index (χ1) is 13.6. The summed E-state index contributed by atoms with van der Waals surface area (Å²) >= 11 is 0. The average Bonchev–Trinajstić information content (AvgIpc) is 2.68. The van der Waals surface area contributed by atoms with E-state index in [9.17, 15) is 0 Å². The molecule has 0 nitrogen and oxygen atoms in total. The van der Waals surface area contributed by atoms with Crippen LogP contribution in [0.5, 0.6) is 0 Å². The lowest BCUT2D eigenvalue weighted by Crippen LogP contribution is -2.12. The van der Waals surface area contributed by atoms with E-state index in [1.165, 1.54) is 44.0 Å². The Kier molecular flexibility index (Phi) is 5.33. The van der Waals surface area contributed by atoms with E-state index in [2.05, 4.69) is 113 Å². The zero-order valence-electron chi connectivity index (χ0n) is 17.1. The van der Waals surface area contributed by atoms with Gasteiger partial charge in [0.1, 0.15) is 0 Å². The van der Waals surface area contributed by atoms with Crippen LogP contribution in [-0.2, 0) is 0 Å². The molecule has 0 spiro atoms. The fraction of sp³-hybridized carbons (Fsp3) is 0.185. The maximum atomic E-state index is 2.42. The fourth-order valence-electron chi connectivity index (χ4n) is 4.40. The molecule has 0 bridgehead atoms. The molecule has 3 aromatic rings. The van der Waals surface area contributed by atoms with Gasteiger partial charge in [-0.15, -0.1) is 0 Å². The van der Waals surface area contributed by atoms with Gasteiger partial charge in [-0.3, -0.25) is 0 Å². The van der Waals surface area contributed by atoms with Gasteiger partial charge in [-0.1, -0.05) is 85.0 Å². The molecule has 1 aliphatic rings. The first kappa shape index (κ1) is 18.9. The zero-order chi connectivity index (χ0) is 19.7. The molecule has 140 valence electrons. The molecular weight excluding hydrogens is 355 g/mol. The van der Waals surface area contributed by atoms with E-state index in [1.807, 2.05) is 0 Å². The van der Waals surface area contributed by atoms with Gasteiger partial charge in [-0.25, -0.2) is 0 Å². The minimum Gasteiger partial charge on any atom is -0.0721 e. The molecule has 0 saturated heterocycles. The highest BCUT2D eigenvalue weighted by Crippen LogP contribution is 2.63. The molecule has 2 atom stereocenters. The molecule has 1 heterocycles. The third kappa shape index (κ3) is 3.38. The van der Waals surface area contributed by atoms with E-state index in [0.717, 1.165) is 0 Å². The van der Waals surface area contributed by atoms with Gasteiger partial charge in [0.05, 0.1) is 0 Å². The first-order valence-electron chi connectivity index (χ1n) is 9.93. The van der Waals surface area contributed by atoms with Gasteiger partial charge in [0.25, 0.3) is 0 Å². The number of allylic oxidation sites excluding steroid dienone is 3. The van der Waals surface area contributed by atoms with E-state index in [4.69, 9.17) is 0 Å². The van der Waals surface area contributed by atoms with Crippen molar-refractivity contribution in [2.45, 2.75) is 33.4 Å². The van der Waals surface area contributed by atoms with Crippen molar-refractivity contribution in [3.63, 3.8) is 0 Å². The van der Waals surface area contributed by atoms with Crippen LogP contribution < -0.4 is 5.30 Å². The Labute approximate surface area is 170 Å². The Morgan fingerprint density at radius 1 is 0.643 bits per heavy atom. The zero-order valence-corrected chi connectivity index (χ0v) is 18.0. The third-order valence-electron chi connectivity index (χ3n) is 5.69. The van der Waals surface area contributed by atoms with Crippen LogP contribution >= 0.6 is 7.92 Å². The number of hydrogen-bond donors (Lipinski definition) is 0. The second-order valence-corrected chi connectivity index (χ2v) is 9.95. The molecule has 0 fully saturated rings. The monoisotopic (exact) mass is 382 g/mol. The highest BCUT2D eigenvalue weighted by molar-refractivity contribution is 7.76. The lowest BCUT2D eigenvalue weighted by Gasteiger charge is -2.34. The van der Waals surface area contributed by atoms with E-state index >= 15 is 0 Å². The summed E-state index contributed by atoms with van der Waals surface area (Å²) in [5.41, 5.74) is 8.83. The molecule has 0 N–H and O–H groups in total. The Bertz CT molecular complexity index is 1020. The molecule has 0 aliphatic carbocycles. The summed E-state index contributed by atoms with van der Waals surface area (Å²) < 4.78 is 0. The summed E-state index contributed by atoms with van der Waals surface area (Å²) in [4.78, 5) is 0. The number of benzene rings is 3. The van der Waals surface area contributed by atoms with Crippen LogP contribution in [0.1, 0.15) is 39.0 Å². The van der Waals surface area contributed by atoms with Crippen LogP contribution in [0.15, 0.2) is 85.0 Å². The summed E-state index contributed by atoms with van der Waals surface area (Å²) in [7, 11) is -0.537. The Hall–Kier alpha value is -2.43. The predicted molar refractivity (Wildman–Crippen MR) is 125 cm³/mol. The molecule has 0 amide bonds. The molecule has 1 heteroatoms. The summed E-state index contributed by atoms with van der Waals surface area (Å²) in [5, 5.41) is 2.94. The summed E-state index contributed by atoms with van der Waals surface area (Å²) in [6.07, 6.45) is 7.06. The summed E-state index contributed by atoms with van der Waals surface area (Å²) in [5.74, 6) is 0. The lowest BCUT2D eigenvalue weighted by molar-refractivity contribution is 1.13. The Balaban J connectivity index is 1.95. The minimum absolute atomic E-state index is 0.401. The molecule has 28 heavy (non-hydrogen) atoms. The average molecular weight is 382 g/mol. The largest absolute Gasteiger partial charge is 0.0721 e. The van der Waals surface area contributed by atoms with Crippen LogP contribution in [0, 0.1) is 27.7 Å². The smallest absolute Gasteiger partial charge is 0.0310 e. The fourth-order valence-corrected chi connectivity index (χ4v) is 7.57. The van der Waals surface area contributed by atoms with Crippen molar-refractivity contribution in [2.75, 3.05) is 0 Å². The molecule has 0 saturated carbocycles. The number of hydrogen-bond acceptors (Lipinski definition) is 0. The maximum absolute atomic E-state index is 2.42.